The Kier molecular flexibility index (Phi) is 8.52. The van der Waals surface area contributed by atoms with Gasteiger partial charge in [-0.2, -0.15) is 11.8 Å². The number of nitrogens with zero attached hydrogens (tertiary/aromatic N) is 1. The maximum atomic E-state index is 11.9. The van der Waals surface area contributed by atoms with Gasteiger partial charge in [0, 0.05) is 24.9 Å². The zero-order valence-electron chi connectivity index (χ0n) is 14.4. The molecule has 1 aromatic carbocycles. The predicted octanol–water partition coefficient (Wildman–Crippen LogP) is 1.80. The molecule has 132 valence electrons. The molecule has 3 N–H and O–H groups in total. The molecule has 1 atom stereocenters. The molecule has 5 nitrogen and oxygen atoms in total. The van der Waals surface area contributed by atoms with Crippen LogP contribution >= 0.6 is 11.8 Å². The average molecular weight is 349 g/mol. The van der Waals surface area contributed by atoms with E-state index in [4.69, 9.17) is 0 Å². The SMILES string of the molecule is CCNC(=NCC(=O)NCCc1ccccc1)NCC1CCCS1. The number of carbonyl (C=O) groups is 1. The Bertz CT molecular complexity index is 515. The topological polar surface area (TPSA) is 65.5 Å². The van der Waals surface area contributed by atoms with E-state index in [0.29, 0.717) is 11.8 Å². The molecular formula is C18H28N4OS. The van der Waals surface area contributed by atoms with Crippen molar-refractivity contribution in [3.8, 4) is 0 Å². The first kappa shape index (κ1) is 18.6. The van der Waals surface area contributed by atoms with E-state index in [-0.39, 0.29) is 12.5 Å². The summed E-state index contributed by atoms with van der Waals surface area (Å²) >= 11 is 2.01. The fraction of sp³-hybridized carbons (Fsp3) is 0.556. The monoisotopic (exact) mass is 348 g/mol. The molecular weight excluding hydrogens is 320 g/mol. The van der Waals surface area contributed by atoms with E-state index in [0.717, 1.165) is 25.5 Å². The van der Waals surface area contributed by atoms with Crippen LogP contribution in [0.1, 0.15) is 25.3 Å². The van der Waals surface area contributed by atoms with Crippen LogP contribution in [0.2, 0.25) is 0 Å². The lowest BCUT2D eigenvalue weighted by molar-refractivity contribution is -0.119. The number of hydrogen-bond donors (Lipinski definition) is 3. The third-order valence-corrected chi connectivity index (χ3v) is 5.22. The van der Waals surface area contributed by atoms with Crippen molar-refractivity contribution in [3.05, 3.63) is 35.9 Å². The van der Waals surface area contributed by atoms with Crippen LogP contribution in [0.4, 0.5) is 0 Å². The Hall–Kier alpha value is -1.69. The lowest BCUT2D eigenvalue weighted by Gasteiger charge is -2.14. The molecule has 1 aliphatic rings. The molecule has 0 radical (unpaired) electrons. The molecule has 0 aromatic heterocycles. The number of nitrogens with one attached hydrogen (secondary N) is 3. The number of aliphatic imine (C=N–C) groups is 1. The van der Waals surface area contributed by atoms with E-state index in [1.54, 1.807) is 0 Å². The van der Waals surface area contributed by atoms with E-state index in [9.17, 15) is 4.79 Å². The van der Waals surface area contributed by atoms with Crippen LogP contribution in [0.5, 0.6) is 0 Å². The lowest BCUT2D eigenvalue weighted by atomic mass is 10.1. The molecule has 1 unspecified atom stereocenters. The van der Waals surface area contributed by atoms with Crippen molar-refractivity contribution in [1.82, 2.24) is 16.0 Å². The third kappa shape index (κ3) is 7.25. The molecule has 1 heterocycles. The minimum absolute atomic E-state index is 0.0432. The number of carbonyl (C=O) groups excluding carboxylic acids is 1. The zero-order chi connectivity index (χ0) is 17.0. The highest BCUT2D eigenvalue weighted by Crippen LogP contribution is 2.25. The second-order valence-corrected chi connectivity index (χ2v) is 7.20. The summed E-state index contributed by atoms with van der Waals surface area (Å²) < 4.78 is 0. The second kappa shape index (κ2) is 11.0. The van der Waals surface area contributed by atoms with Crippen LogP contribution in [0.25, 0.3) is 0 Å². The number of benzene rings is 1. The van der Waals surface area contributed by atoms with E-state index < -0.39 is 0 Å². The Labute approximate surface area is 149 Å². The van der Waals surface area contributed by atoms with Crippen LogP contribution in [0, 0.1) is 0 Å². The molecule has 0 saturated carbocycles. The van der Waals surface area contributed by atoms with Crippen molar-refractivity contribution >= 4 is 23.6 Å². The summed E-state index contributed by atoms with van der Waals surface area (Å²) in [5, 5.41) is 10.1. The number of hydrogen-bond acceptors (Lipinski definition) is 3. The summed E-state index contributed by atoms with van der Waals surface area (Å²) in [6, 6.07) is 10.2. The highest BCUT2D eigenvalue weighted by molar-refractivity contribution is 8.00. The normalized spacial score (nSPS) is 17.5. The summed E-state index contributed by atoms with van der Waals surface area (Å²) in [5.74, 6) is 1.94. The van der Waals surface area contributed by atoms with Gasteiger partial charge in [-0.3, -0.25) is 4.79 Å². The molecule has 1 aliphatic heterocycles. The molecule has 0 aliphatic carbocycles. The minimum Gasteiger partial charge on any atom is -0.357 e. The first-order valence-electron chi connectivity index (χ1n) is 8.72. The molecule has 2 rings (SSSR count). The van der Waals surface area contributed by atoms with Gasteiger partial charge in [0.1, 0.15) is 6.54 Å². The van der Waals surface area contributed by atoms with Gasteiger partial charge in [-0.05, 0) is 37.5 Å². The molecule has 6 heteroatoms. The third-order valence-electron chi connectivity index (χ3n) is 3.82. The van der Waals surface area contributed by atoms with Gasteiger partial charge in [-0.25, -0.2) is 4.99 Å². The fourth-order valence-corrected chi connectivity index (χ4v) is 3.76. The summed E-state index contributed by atoms with van der Waals surface area (Å²) in [5.41, 5.74) is 1.23. The number of rotatable bonds is 8. The molecule has 0 spiro atoms. The Morgan fingerprint density at radius 3 is 2.79 bits per heavy atom. The summed E-state index contributed by atoms with van der Waals surface area (Å²) in [7, 11) is 0. The average Bonchev–Trinajstić information content (AvgIpc) is 3.12. The van der Waals surface area contributed by atoms with Crippen molar-refractivity contribution in [2.45, 2.75) is 31.4 Å². The van der Waals surface area contributed by atoms with Gasteiger partial charge in [0.05, 0.1) is 0 Å². The summed E-state index contributed by atoms with van der Waals surface area (Å²) in [4.78, 5) is 16.3. The maximum absolute atomic E-state index is 11.9. The quantitative estimate of drug-likeness (QED) is 0.495. The standard InChI is InChI=1S/C18H28N4OS/c1-2-19-18(21-13-16-9-6-12-24-16)22-14-17(23)20-11-10-15-7-4-3-5-8-15/h3-5,7-8,16H,2,6,9-14H2,1H3,(H,20,23)(H2,19,21,22). The van der Waals surface area contributed by atoms with Crippen LogP contribution in [0.15, 0.2) is 35.3 Å². The molecule has 1 amide bonds. The van der Waals surface area contributed by atoms with E-state index in [1.165, 1.54) is 24.2 Å². The lowest BCUT2D eigenvalue weighted by Crippen LogP contribution is -2.41. The second-order valence-electron chi connectivity index (χ2n) is 5.80. The van der Waals surface area contributed by atoms with Crippen LogP contribution in [-0.4, -0.2) is 49.0 Å². The van der Waals surface area contributed by atoms with Gasteiger partial charge in [0.25, 0.3) is 0 Å². The highest BCUT2D eigenvalue weighted by Gasteiger charge is 2.15. The highest BCUT2D eigenvalue weighted by atomic mass is 32.2. The first-order valence-corrected chi connectivity index (χ1v) is 9.77. The Morgan fingerprint density at radius 1 is 1.25 bits per heavy atom. The van der Waals surface area contributed by atoms with Gasteiger partial charge in [0.2, 0.25) is 5.91 Å². The molecule has 1 aromatic rings. The molecule has 1 fully saturated rings. The smallest absolute Gasteiger partial charge is 0.241 e. The number of amides is 1. The van der Waals surface area contributed by atoms with Gasteiger partial charge in [-0.1, -0.05) is 30.3 Å². The van der Waals surface area contributed by atoms with Crippen LogP contribution < -0.4 is 16.0 Å². The van der Waals surface area contributed by atoms with Crippen molar-refractivity contribution in [3.63, 3.8) is 0 Å². The van der Waals surface area contributed by atoms with Gasteiger partial charge in [0.15, 0.2) is 5.96 Å². The number of guanidine groups is 1. The van der Waals surface area contributed by atoms with E-state index >= 15 is 0 Å². The molecule has 1 saturated heterocycles. The first-order chi connectivity index (χ1) is 11.8. The maximum Gasteiger partial charge on any atom is 0.241 e. The van der Waals surface area contributed by atoms with Crippen LogP contribution in [0.3, 0.4) is 0 Å². The number of thioether (sulfide) groups is 1. The Balaban J connectivity index is 1.67. The largest absolute Gasteiger partial charge is 0.357 e. The minimum atomic E-state index is -0.0432. The van der Waals surface area contributed by atoms with E-state index in [1.807, 2.05) is 36.9 Å². The fourth-order valence-electron chi connectivity index (χ4n) is 2.56. The van der Waals surface area contributed by atoms with Gasteiger partial charge >= 0.3 is 0 Å². The summed E-state index contributed by atoms with van der Waals surface area (Å²) in [6.45, 7) is 4.52. The summed E-state index contributed by atoms with van der Waals surface area (Å²) in [6.07, 6.45) is 3.40. The van der Waals surface area contributed by atoms with Gasteiger partial charge in [-0.15, -0.1) is 0 Å². The van der Waals surface area contributed by atoms with Crippen molar-refractivity contribution < 1.29 is 4.79 Å². The van der Waals surface area contributed by atoms with Crippen molar-refractivity contribution in [2.75, 3.05) is 31.9 Å². The predicted molar refractivity (Wildman–Crippen MR) is 103 cm³/mol. The van der Waals surface area contributed by atoms with E-state index in [2.05, 4.69) is 33.1 Å². The van der Waals surface area contributed by atoms with Crippen molar-refractivity contribution in [2.24, 2.45) is 4.99 Å². The van der Waals surface area contributed by atoms with Gasteiger partial charge < -0.3 is 16.0 Å². The zero-order valence-corrected chi connectivity index (χ0v) is 15.2. The molecule has 0 bridgehead atoms. The Morgan fingerprint density at radius 2 is 2.08 bits per heavy atom. The van der Waals surface area contributed by atoms with Crippen molar-refractivity contribution in [1.29, 1.82) is 0 Å². The molecule has 24 heavy (non-hydrogen) atoms. The van der Waals surface area contributed by atoms with Crippen LogP contribution in [-0.2, 0) is 11.2 Å².